The minimum atomic E-state index is -0.799. The molecule has 3 N–H and O–H groups in total. The molecule has 0 aliphatic carbocycles. The van der Waals surface area contributed by atoms with Crippen LogP contribution in [0.3, 0.4) is 0 Å². The molecule has 1 aliphatic rings. The first kappa shape index (κ1) is 15.1. The van der Waals surface area contributed by atoms with Crippen LogP contribution in [-0.4, -0.2) is 28.0 Å². The van der Waals surface area contributed by atoms with Crippen LogP contribution in [0.25, 0.3) is 0 Å². The summed E-state index contributed by atoms with van der Waals surface area (Å²) < 4.78 is 26.9. The molecule has 1 aromatic carbocycles. The number of hydrogen-bond acceptors (Lipinski definition) is 4. The van der Waals surface area contributed by atoms with Crippen molar-refractivity contribution in [3.8, 4) is 0 Å². The molecule has 2 nitrogen and oxygen atoms in total. The van der Waals surface area contributed by atoms with Gasteiger partial charge in [-0.1, -0.05) is 19.1 Å². The molecule has 2 rings (SSSR count). The number of rotatable bonds is 4. The third-order valence-electron chi connectivity index (χ3n) is 3.32. The number of halogens is 2. The fourth-order valence-corrected chi connectivity index (χ4v) is 5.25. The highest BCUT2D eigenvalue weighted by Gasteiger charge is 2.30. The zero-order valence-electron chi connectivity index (χ0n) is 10.7. The largest absolute Gasteiger partial charge is 0.271 e. The van der Waals surface area contributed by atoms with Gasteiger partial charge in [0.05, 0.1) is 0 Å². The van der Waals surface area contributed by atoms with Gasteiger partial charge in [0.25, 0.3) is 0 Å². The van der Waals surface area contributed by atoms with E-state index in [-0.39, 0.29) is 6.04 Å². The second kappa shape index (κ2) is 6.92. The van der Waals surface area contributed by atoms with E-state index in [0.29, 0.717) is 22.5 Å². The molecule has 3 atom stereocenters. The Bertz CT molecular complexity index is 431. The molecule has 1 saturated heterocycles. The molecule has 1 heterocycles. The van der Waals surface area contributed by atoms with E-state index in [1.165, 1.54) is 6.07 Å². The number of nitrogens with two attached hydrogens (primary N) is 1. The molecule has 0 spiro atoms. The zero-order valence-corrected chi connectivity index (χ0v) is 12.4. The van der Waals surface area contributed by atoms with Crippen LogP contribution in [0.15, 0.2) is 18.2 Å². The predicted molar refractivity (Wildman–Crippen MR) is 79.3 cm³/mol. The van der Waals surface area contributed by atoms with Crippen molar-refractivity contribution < 1.29 is 8.78 Å². The number of hydrazine groups is 1. The normalized spacial score (nSPS) is 25.3. The summed E-state index contributed by atoms with van der Waals surface area (Å²) in [5.41, 5.74) is 3.15. The Kier molecular flexibility index (Phi) is 5.50. The molecular weight excluding hydrogens is 286 g/mol. The Balaban J connectivity index is 2.12. The van der Waals surface area contributed by atoms with Gasteiger partial charge in [-0.05, 0) is 18.1 Å². The minimum absolute atomic E-state index is 0.0518. The van der Waals surface area contributed by atoms with E-state index in [4.69, 9.17) is 5.84 Å². The Morgan fingerprint density at radius 1 is 1.37 bits per heavy atom. The summed E-state index contributed by atoms with van der Waals surface area (Å²) in [6.07, 6.45) is 0.405. The van der Waals surface area contributed by atoms with Crippen molar-refractivity contribution in [2.24, 2.45) is 5.84 Å². The molecule has 1 aromatic rings. The molecule has 6 heteroatoms. The average molecular weight is 304 g/mol. The molecule has 3 unspecified atom stereocenters. The van der Waals surface area contributed by atoms with Crippen LogP contribution >= 0.6 is 23.5 Å². The minimum Gasteiger partial charge on any atom is -0.271 e. The SMILES string of the molecule is CC1SCCSC1C(Cc1cccc(F)c1F)NN. The van der Waals surface area contributed by atoms with Gasteiger partial charge in [-0.25, -0.2) is 8.78 Å². The molecule has 0 amide bonds. The lowest BCUT2D eigenvalue weighted by Crippen LogP contribution is -2.48. The van der Waals surface area contributed by atoms with Crippen molar-refractivity contribution in [1.29, 1.82) is 0 Å². The van der Waals surface area contributed by atoms with Crippen molar-refractivity contribution in [3.63, 3.8) is 0 Å². The monoisotopic (exact) mass is 304 g/mol. The molecular formula is C13H18F2N2S2. The van der Waals surface area contributed by atoms with Gasteiger partial charge in [-0.2, -0.15) is 23.5 Å². The lowest BCUT2D eigenvalue weighted by Gasteiger charge is -2.34. The maximum Gasteiger partial charge on any atom is 0.162 e. The fraction of sp³-hybridized carbons (Fsp3) is 0.538. The van der Waals surface area contributed by atoms with Gasteiger partial charge >= 0.3 is 0 Å². The molecule has 19 heavy (non-hydrogen) atoms. The fourth-order valence-electron chi connectivity index (χ4n) is 2.30. The van der Waals surface area contributed by atoms with Gasteiger partial charge in [0.15, 0.2) is 11.6 Å². The first-order valence-corrected chi connectivity index (χ1v) is 8.35. The average Bonchev–Trinajstić information content (AvgIpc) is 2.41. The summed E-state index contributed by atoms with van der Waals surface area (Å²) in [7, 11) is 0. The van der Waals surface area contributed by atoms with Crippen LogP contribution < -0.4 is 11.3 Å². The van der Waals surface area contributed by atoms with E-state index < -0.39 is 11.6 Å². The van der Waals surface area contributed by atoms with Gasteiger partial charge < -0.3 is 0 Å². The third kappa shape index (κ3) is 3.62. The van der Waals surface area contributed by atoms with Crippen molar-refractivity contribution in [2.75, 3.05) is 11.5 Å². The van der Waals surface area contributed by atoms with Crippen LogP contribution in [0.4, 0.5) is 8.78 Å². The van der Waals surface area contributed by atoms with Crippen LogP contribution in [0.5, 0.6) is 0 Å². The molecule has 0 radical (unpaired) electrons. The summed E-state index contributed by atoms with van der Waals surface area (Å²) in [4.78, 5) is 0. The first-order chi connectivity index (χ1) is 9.13. The van der Waals surface area contributed by atoms with E-state index in [9.17, 15) is 8.78 Å². The maximum absolute atomic E-state index is 13.7. The van der Waals surface area contributed by atoms with Gasteiger partial charge in [0.2, 0.25) is 0 Å². The third-order valence-corrected chi connectivity index (χ3v) is 6.57. The Morgan fingerprint density at radius 3 is 2.79 bits per heavy atom. The van der Waals surface area contributed by atoms with Gasteiger partial charge in [0.1, 0.15) is 0 Å². The van der Waals surface area contributed by atoms with Gasteiger partial charge in [-0.3, -0.25) is 11.3 Å². The quantitative estimate of drug-likeness (QED) is 0.662. The topological polar surface area (TPSA) is 38.0 Å². The highest BCUT2D eigenvalue weighted by molar-refractivity contribution is 8.07. The highest BCUT2D eigenvalue weighted by Crippen LogP contribution is 2.34. The van der Waals surface area contributed by atoms with Crippen molar-refractivity contribution in [3.05, 3.63) is 35.4 Å². The summed E-state index contributed by atoms with van der Waals surface area (Å²) >= 11 is 3.76. The second-order valence-corrected chi connectivity index (χ2v) is 7.37. The van der Waals surface area contributed by atoms with Crippen molar-refractivity contribution in [1.82, 2.24) is 5.43 Å². The maximum atomic E-state index is 13.7. The smallest absolute Gasteiger partial charge is 0.162 e. The lowest BCUT2D eigenvalue weighted by atomic mass is 10.0. The Labute approximate surface area is 120 Å². The van der Waals surface area contributed by atoms with Crippen LogP contribution in [-0.2, 0) is 6.42 Å². The van der Waals surface area contributed by atoms with Crippen molar-refractivity contribution >= 4 is 23.5 Å². The van der Waals surface area contributed by atoms with E-state index in [2.05, 4.69) is 12.3 Å². The summed E-state index contributed by atoms with van der Waals surface area (Å²) in [5, 5.41) is 0.767. The van der Waals surface area contributed by atoms with Gasteiger partial charge in [-0.15, -0.1) is 0 Å². The number of benzene rings is 1. The predicted octanol–water partition coefficient (Wildman–Crippen LogP) is 2.58. The molecule has 0 aromatic heterocycles. The molecule has 1 aliphatic heterocycles. The number of thioether (sulfide) groups is 2. The number of nitrogens with one attached hydrogen (secondary N) is 1. The van der Waals surface area contributed by atoms with Crippen LogP contribution in [0.1, 0.15) is 12.5 Å². The Hall–Kier alpha value is -0.300. The standard InChI is InChI=1S/C13H18F2N2S2/c1-8-13(19-6-5-18-8)11(17-16)7-9-3-2-4-10(14)12(9)15/h2-4,8,11,13,17H,5-7,16H2,1H3. The summed E-state index contributed by atoms with van der Waals surface area (Å²) in [5.74, 6) is 6.26. The van der Waals surface area contributed by atoms with Gasteiger partial charge in [0, 0.05) is 28.0 Å². The van der Waals surface area contributed by atoms with E-state index in [1.807, 2.05) is 23.5 Å². The second-order valence-electron chi connectivity index (χ2n) is 4.60. The molecule has 0 bridgehead atoms. The highest BCUT2D eigenvalue weighted by atomic mass is 32.2. The van der Waals surface area contributed by atoms with E-state index in [1.54, 1.807) is 6.07 Å². The van der Waals surface area contributed by atoms with E-state index in [0.717, 1.165) is 17.6 Å². The summed E-state index contributed by atoms with van der Waals surface area (Å²) in [6.45, 7) is 2.16. The Morgan fingerprint density at radius 2 is 2.11 bits per heavy atom. The van der Waals surface area contributed by atoms with E-state index >= 15 is 0 Å². The lowest BCUT2D eigenvalue weighted by molar-refractivity contribution is 0.466. The molecule has 1 fully saturated rings. The summed E-state index contributed by atoms with van der Waals surface area (Å²) in [6, 6.07) is 4.24. The zero-order chi connectivity index (χ0) is 13.8. The molecule has 106 valence electrons. The number of hydrogen-bond donors (Lipinski definition) is 2. The van der Waals surface area contributed by atoms with Crippen LogP contribution in [0, 0.1) is 11.6 Å². The molecule has 0 saturated carbocycles. The van der Waals surface area contributed by atoms with Crippen LogP contribution in [0.2, 0.25) is 0 Å². The first-order valence-electron chi connectivity index (χ1n) is 6.25. The van der Waals surface area contributed by atoms with Crippen molar-refractivity contribution in [2.45, 2.75) is 29.9 Å².